The monoisotopic (exact) mass is 290 g/mol. The van der Waals surface area contributed by atoms with E-state index >= 15 is 0 Å². The summed E-state index contributed by atoms with van der Waals surface area (Å²) in [5.74, 6) is 1.02. The van der Waals surface area contributed by atoms with E-state index in [4.69, 9.17) is 0 Å². The van der Waals surface area contributed by atoms with Crippen LogP contribution in [0.4, 0.5) is 0 Å². The van der Waals surface area contributed by atoms with Crippen LogP contribution in [0.1, 0.15) is 56.9 Å². The minimum Gasteiger partial charge on any atom is -0.310 e. The highest BCUT2D eigenvalue weighted by Gasteiger charge is 2.20. The summed E-state index contributed by atoms with van der Waals surface area (Å²) >= 11 is 0. The fourth-order valence-corrected chi connectivity index (χ4v) is 2.69. The standard InChI is InChI=1S/C15H26N6/c1-6-13-12(9-20(5)19-13)14(16-7-2)8-15-17-10-18-21(15)11(3)4/h9-11,14,16H,6-8H2,1-5H3. The van der Waals surface area contributed by atoms with Gasteiger partial charge in [0.2, 0.25) is 0 Å². The third-order valence-corrected chi connectivity index (χ3v) is 3.62. The molecule has 0 fully saturated rings. The van der Waals surface area contributed by atoms with Crippen molar-refractivity contribution in [2.45, 2.75) is 52.6 Å². The molecule has 2 aromatic heterocycles. The van der Waals surface area contributed by atoms with Gasteiger partial charge in [-0.3, -0.25) is 4.68 Å². The Labute approximate surface area is 126 Å². The molecule has 6 nitrogen and oxygen atoms in total. The zero-order chi connectivity index (χ0) is 15.4. The van der Waals surface area contributed by atoms with Gasteiger partial charge in [-0.25, -0.2) is 9.67 Å². The largest absolute Gasteiger partial charge is 0.310 e. The molecule has 6 heteroatoms. The van der Waals surface area contributed by atoms with Crippen LogP contribution in [-0.4, -0.2) is 31.1 Å². The number of hydrogen-bond acceptors (Lipinski definition) is 4. The SMILES string of the molecule is CCNC(Cc1ncnn1C(C)C)c1cn(C)nc1CC. The number of nitrogens with one attached hydrogen (secondary N) is 1. The summed E-state index contributed by atoms with van der Waals surface area (Å²) in [7, 11) is 1.97. The quantitative estimate of drug-likeness (QED) is 0.848. The van der Waals surface area contributed by atoms with E-state index in [0.29, 0.717) is 6.04 Å². The van der Waals surface area contributed by atoms with E-state index in [9.17, 15) is 0 Å². The Kier molecular flexibility index (Phi) is 5.12. The average Bonchev–Trinajstić information content (AvgIpc) is 3.04. The molecule has 0 bridgehead atoms. The Balaban J connectivity index is 2.28. The third kappa shape index (κ3) is 3.50. The van der Waals surface area contributed by atoms with Crippen LogP contribution in [0.3, 0.4) is 0 Å². The molecule has 0 aliphatic rings. The highest BCUT2D eigenvalue weighted by molar-refractivity contribution is 5.22. The van der Waals surface area contributed by atoms with Gasteiger partial charge in [0.05, 0.1) is 5.69 Å². The molecule has 116 valence electrons. The molecule has 0 radical (unpaired) electrons. The lowest BCUT2D eigenvalue weighted by Gasteiger charge is -2.18. The molecule has 2 heterocycles. The third-order valence-electron chi connectivity index (χ3n) is 3.62. The Morgan fingerprint density at radius 1 is 1.29 bits per heavy atom. The van der Waals surface area contributed by atoms with Crippen LogP contribution < -0.4 is 5.32 Å². The minimum absolute atomic E-state index is 0.223. The Morgan fingerprint density at radius 3 is 2.67 bits per heavy atom. The molecule has 0 amide bonds. The van der Waals surface area contributed by atoms with E-state index in [1.165, 1.54) is 5.56 Å². The molecule has 21 heavy (non-hydrogen) atoms. The smallest absolute Gasteiger partial charge is 0.138 e. The molecule has 0 saturated carbocycles. The van der Waals surface area contributed by atoms with Crippen LogP contribution in [0.15, 0.2) is 12.5 Å². The number of hydrogen-bond donors (Lipinski definition) is 1. The average molecular weight is 290 g/mol. The predicted molar refractivity (Wildman–Crippen MR) is 83.1 cm³/mol. The van der Waals surface area contributed by atoms with E-state index in [-0.39, 0.29) is 6.04 Å². The topological polar surface area (TPSA) is 60.6 Å². The van der Waals surface area contributed by atoms with E-state index in [0.717, 1.165) is 30.9 Å². The van der Waals surface area contributed by atoms with Crippen molar-refractivity contribution in [1.29, 1.82) is 0 Å². The molecule has 1 unspecified atom stereocenters. The van der Waals surface area contributed by atoms with Crippen molar-refractivity contribution in [3.8, 4) is 0 Å². The van der Waals surface area contributed by atoms with Gasteiger partial charge < -0.3 is 5.32 Å². The summed E-state index contributed by atoms with van der Waals surface area (Å²) in [5, 5.41) is 12.4. The predicted octanol–water partition coefficient (Wildman–Crippen LogP) is 2.05. The second-order valence-electron chi connectivity index (χ2n) is 5.59. The first-order valence-electron chi connectivity index (χ1n) is 7.70. The van der Waals surface area contributed by atoms with Gasteiger partial charge >= 0.3 is 0 Å². The van der Waals surface area contributed by atoms with Crippen molar-refractivity contribution in [2.75, 3.05) is 6.54 Å². The Morgan fingerprint density at radius 2 is 2.05 bits per heavy atom. The lowest BCUT2D eigenvalue weighted by atomic mass is 10.0. The van der Waals surface area contributed by atoms with E-state index in [2.05, 4.69) is 54.4 Å². The Hall–Kier alpha value is -1.69. The summed E-state index contributed by atoms with van der Waals surface area (Å²) in [4.78, 5) is 4.43. The lowest BCUT2D eigenvalue weighted by Crippen LogP contribution is -2.25. The van der Waals surface area contributed by atoms with Crippen LogP contribution in [0.5, 0.6) is 0 Å². The van der Waals surface area contributed by atoms with Crippen molar-refractivity contribution < 1.29 is 0 Å². The molecule has 2 aromatic rings. The first-order chi connectivity index (χ1) is 10.1. The maximum atomic E-state index is 4.55. The molecule has 1 N–H and O–H groups in total. The summed E-state index contributed by atoms with van der Waals surface area (Å²) in [6, 6.07) is 0.546. The van der Waals surface area contributed by atoms with Gasteiger partial charge in [-0.2, -0.15) is 10.2 Å². The fourth-order valence-electron chi connectivity index (χ4n) is 2.69. The first kappa shape index (κ1) is 15.7. The van der Waals surface area contributed by atoms with Crippen LogP contribution >= 0.6 is 0 Å². The van der Waals surface area contributed by atoms with Crippen molar-refractivity contribution in [1.82, 2.24) is 29.9 Å². The molecular formula is C15H26N6. The highest BCUT2D eigenvalue weighted by Crippen LogP contribution is 2.22. The van der Waals surface area contributed by atoms with Gasteiger partial charge in [-0.15, -0.1) is 0 Å². The van der Waals surface area contributed by atoms with E-state index in [1.807, 2.05) is 16.4 Å². The second kappa shape index (κ2) is 6.85. The van der Waals surface area contributed by atoms with Crippen LogP contribution in [-0.2, 0) is 19.9 Å². The number of likely N-dealkylation sites (N-methyl/N-ethyl adjacent to an activating group) is 1. The second-order valence-corrected chi connectivity index (χ2v) is 5.59. The molecule has 0 aliphatic heterocycles. The van der Waals surface area contributed by atoms with Crippen molar-refractivity contribution in [3.63, 3.8) is 0 Å². The van der Waals surface area contributed by atoms with Gasteiger partial charge in [0, 0.05) is 37.3 Å². The molecule has 0 aliphatic carbocycles. The van der Waals surface area contributed by atoms with Crippen molar-refractivity contribution >= 4 is 0 Å². The van der Waals surface area contributed by atoms with Crippen molar-refractivity contribution in [2.24, 2.45) is 7.05 Å². The molecular weight excluding hydrogens is 264 g/mol. The summed E-state index contributed by atoms with van der Waals surface area (Å²) < 4.78 is 3.89. The minimum atomic E-state index is 0.223. The van der Waals surface area contributed by atoms with Crippen LogP contribution in [0.25, 0.3) is 0 Å². The summed E-state index contributed by atoms with van der Waals surface area (Å²) in [6.45, 7) is 9.44. The maximum Gasteiger partial charge on any atom is 0.138 e. The van der Waals surface area contributed by atoms with Gasteiger partial charge in [0.15, 0.2) is 0 Å². The number of rotatable bonds is 7. The number of aryl methyl sites for hydroxylation is 2. The number of aromatic nitrogens is 5. The molecule has 0 aromatic carbocycles. The maximum absolute atomic E-state index is 4.55. The zero-order valence-corrected chi connectivity index (χ0v) is 13.7. The highest BCUT2D eigenvalue weighted by atomic mass is 15.3. The van der Waals surface area contributed by atoms with Gasteiger partial charge in [-0.1, -0.05) is 13.8 Å². The summed E-state index contributed by atoms with van der Waals surface area (Å²) in [5.41, 5.74) is 2.42. The van der Waals surface area contributed by atoms with Gasteiger partial charge in [-0.05, 0) is 26.8 Å². The zero-order valence-electron chi connectivity index (χ0n) is 13.7. The normalized spacial score (nSPS) is 13.0. The first-order valence-corrected chi connectivity index (χ1v) is 7.70. The van der Waals surface area contributed by atoms with Crippen molar-refractivity contribution in [3.05, 3.63) is 29.6 Å². The molecule has 1 atom stereocenters. The molecule has 0 saturated heterocycles. The lowest BCUT2D eigenvalue weighted by molar-refractivity contribution is 0.467. The van der Waals surface area contributed by atoms with Gasteiger partial charge in [0.1, 0.15) is 12.2 Å². The van der Waals surface area contributed by atoms with E-state index in [1.54, 1.807) is 6.33 Å². The number of nitrogens with zero attached hydrogens (tertiary/aromatic N) is 5. The van der Waals surface area contributed by atoms with Crippen LogP contribution in [0.2, 0.25) is 0 Å². The fraction of sp³-hybridized carbons (Fsp3) is 0.667. The van der Waals surface area contributed by atoms with Crippen LogP contribution in [0, 0.1) is 0 Å². The Bertz CT molecular complexity index is 568. The molecule has 2 rings (SSSR count). The molecule has 0 spiro atoms. The summed E-state index contributed by atoms with van der Waals surface area (Å²) in [6.07, 6.45) is 5.52. The van der Waals surface area contributed by atoms with E-state index < -0.39 is 0 Å². The van der Waals surface area contributed by atoms with Gasteiger partial charge in [0.25, 0.3) is 0 Å².